The highest BCUT2D eigenvalue weighted by Gasteiger charge is 2.48. The topological polar surface area (TPSA) is 96.3 Å². The lowest BCUT2D eigenvalue weighted by atomic mass is 9.72. The SMILES string of the molecule is CCC[C@]1(C(=O)O)CCN(C(=O)Cc2ccc3c(c2)OCO3)C[C@H]1O. The van der Waals surface area contributed by atoms with Gasteiger partial charge in [0.15, 0.2) is 11.5 Å². The van der Waals surface area contributed by atoms with E-state index in [1.807, 2.05) is 13.0 Å². The first-order valence-electron chi connectivity index (χ1n) is 8.54. The number of fused-ring (bicyclic) bond motifs is 1. The second-order valence-electron chi connectivity index (χ2n) is 6.68. The molecular weight excluding hydrogens is 326 g/mol. The minimum Gasteiger partial charge on any atom is -0.481 e. The molecule has 0 unspecified atom stereocenters. The maximum absolute atomic E-state index is 12.5. The summed E-state index contributed by atoms with van der Waals surface area (Å²) >= 11 is 0. The first kappa shape index (κ1) is 17.5. The number of nitrogens with zero attached hydrogens (tertiary/aromatic N) is 1. The first-order valence-corrected chi connectivity index (χ1v) is 8.54. The Morgan fingerprint density at radius 1 is 1.32 bits per heavy atom. The molecule has 0 aromatic heterocycles. The van der Waals surface area contributed by atoms with Gasteiger partial charge in [-0.1, -0.05) is 19.4 Å². The number of β-amino-alcohol motifs (C(OH)–C–C–N with tert-alkyl or cyclic N) is 1. The molecule has 2 N–H and O–H groups in total. The van der Waals surface area contributed by atoms with E-state index < -0.39 is 17.5 Å². The third-order valence-electron chi connectivity index (χ3n) is 5.13. The van der Waals surface area contributed by atoms with Crippen LogP contribution in [0, 0.1) is 5.41 Å². The van der Waals surface area contributed by atoms with Crippen LogP contribution in [0.15, 0.2) is 18.2 Å². The maximum Gasteiger partial charge on any atom is 0.312 e. The number of ether oxygens (including phenoxy) is 2. The average molecular weight is 349 g/mol. The lowest BCUT2D eigenvalue weighted by Crippen LogP contribution is -2.56. The predicted octanol–water partition coefficient (Wildman–Crippen LogP) is 1.42. The molecule has 1 amide bonds. The highest BCUT2D eigenvalue weighted by Crippen LogP contribution is 2.37. The predicted molar refractivity (Wildman–Crippen MR) is 88.4 cm³/mol. The summed E-state index contributed by atoms with van der Waals surface area (Å²) in [5.74, 6) is 0.172. The first-order chi connectivity index (χ1) is 12.0. The molecule has 7 heteroatoms. The van der Waals surface area contributed by atoms with E-state index in [1.54, 1.807) is 17.0 Å². The Morgan fingerprint density at radius 2 is 2.08 bits per heavy atom. The number of carboxylic acids is 1. The zero-order chi connectivity index (χ0) is 18.0. The van der Waals surface area contributed by atoms with E-state index in [-0.39, 0.29) is 32.1 Å². The number of carboxylic acid groups (broad SMARTS) is 1. The monoisotopic (exact) mass is 349 g/mol. The van der Waals surface area contributed by atoms with Gasteiger partial charge in [-0.25, -0.2) is 0 Å². The molecule has 2 aliphatic heterocycles. The van der Waals surface area contributed by atoms with Crippen molar-refractivity contribution in [3.8, 4) is 11.5 Å². The third kappa shape index (κ3) is 3.28. The molecule has 25 heavy (non-hydrogen) atoms. The van der Waals surface area contributed by atoms with Crippen LogP contribution in [0.1, 0.15) is 31.7 Å². The molecule has 2 aliphatic rings. The molecular formula is C18H23NO6. The lowest BCUT2D eigenvalue weighted by Gasteiger charge is -2.42. The molecule has 2 heterocycles. The number of hydrogen-bond acceptors (Lipinski definition) is 5. The standard InChI is InChI=1S/C18H23NO6/c1-2-5-18(17(22)23)6-7-19(10-15(18)20)16(21)9-12-3-4-13-14(8-12)25-11-24-13/h3-4,8,15,20H,2,5-7,9-11H2,1H3,(H,22,23)/t15-,18+/m1/s1. The van der Waals surface area contributed by atoms with Crippen LogP contribution in [0.25, 0.3) is 0 Å². The van der Waals surface area contributed by atoms with Crippen LogP contribution in [-0.2, 0) is 16.0 Å². The van der Waals surface area contributed by atoms with Crippen LogP contribution < -0.4 is 9.47 Å². The van der Waals surface area contributed by atoms with Crippen molar-refractivity contribution in [2.75, 3.05) is 19.9 Å². The van der Waals surface area contributed by atoms with Crippen molar-refractivity contribution in [1.29, 1.82) is 0 Å². The van der Waals surface area contributed by atoms with Crippen molar-refractivity contribution < 1.29 is 29.3 Å². The number of likely N-dealkylation sites (tertiary alicyclic amines) is 1. The fourth-order valence-corrected chi connectivity index (χ4v) is 3.63. The Balaban J connectivity index is 1.65. The van der Waals surface area contributed by atoms with Crippen LogP contribution in [0.4, 0.5) is 0 Å². The molecule has 2 atom stereocenters. The Hall–Kier alpha value is -2.28. The van der Waals surface area contributed by atoms with E-state index >= 15 is 0 Å². The van der Waals surface area contributed by atoms with Gasteiger partial charge in [-0.05, 0) is 30.5 Å². The van der Waals surface area contributed by atoms with Crippen LogP contribution in [0.2, 0.25) is 0 Å². The summed E-state index contributed by atoms with van der Waals surface area (Å²) in [4.78, 5) is 25.8. The van der Waals surface area contributed by atoms with Crippen LogP contribution in [0.5, 0.6) is 11.5 Å². The zero-order valence-corrected chi connectivity index (χ0v) is 14.2. The molecule has 3 rings (SSSR count). The molecule has 0 aliphatic carbocycles. The largest absolute Gasteiger partial charge is 0.481 e. The molecule has 0 bridgehead atoms. The van der Waals surface area contributed by atoms with Crippen LogP contribution >= 0.6 is 0 Å². The van der Waals surface area contributed by atoms with E-state index in [0.29, 0.717) is 30.9 Å². The quantitative estimate of drug-likeness (QED) is 0.835. The molecule has 1 aromatic carbocycles. The molecule has 0 saturated carbocycles. The van der Waals surface area contributed by atoms with Crippen molar-refractivity contribution in [1.82, 2.24) is 4.90 Å². The molecule has 136 valence electrons. The maximum atomic E-state index is 12.5. The average Bonchev–Trinajstić information content (AvgIpc) is 3.04. The van der Waals surface area contributed by atoms with Crippen molar-refractivity contribution in [2.24, 2.45) is 5.41 Å². The highest BCUT2D eigenvalue weighted by molar-refractivity contribution is 5.80. The Morgan fingerprint density at radius 3 is 2.76 bits per heavy atom. The van der Waals surface area contributed by atoms with E-state index in [1.165, 1.54) is 0 Å². The second-order valence-corrected chi connectivity index (χ2v) is 6.68. The fourth-order valence-electron chi connectivity index (χ4n) is 3.63. The molecule has 7 nitrogen and oxygen atoms in total. The van der Waals surface area contributed by atoms with E-state index in [9.17, 15) is 19.8 Å². The molecule has 0 radical (unpaired) electrons. The number of aliphatic hydroxyl groups is 1. The van der Waals surface area contributed by atoms with E-state index in [2.05, 4.69) is 0 Å². The summed E-state index contributed by atoms with van der Waals surface area (Å²) in [5.41, 5.74) is -0.350. The number of piperidine rings is 1. The normalized spacial score (nSPS) is 25.0. The van der Waals surface area contributed by atoms with Crippen molar-refractivity contribution in [2.45, 2.75) is 38.7 Å². The van der Waals surface area contributed by atoms with Gasteiger partial charge in [-0.3, -0.25) is 9.59 Å². The minimum atomic E-state index is -1.15. The number of benzene rings is 1. The lowest BCUT2D eigenvalue weighted by molar-refractivity contribution is -0.167. The zero-order valence-electron chi connectivity index (χ0n) is 14.2. The smallest absolute Gasteiger partial charge is 0.312 e. The van der Waals surface area contributed by atoms with Gasteiger partial charge in [0.2, 0.25) is 12.7 Å². The number of aliphatic hydroxyl groups excluding tert-OH is 1. The van der Waals surface area contributed by atoms with Crippen molar-refractivity contribution >= 4 is 11.9 Å². The van der Waals surface area contributed by atoms with Gasteiger partial charge in [-0.15, -0.1) is 0 Å². The molecule has 0 spiro atoms. The fraction of sp³-hybridized carbons (Fsp3) is 0.556. The highest BCUT2D eigenvalue weighted by atomic mass is 16.7. The summed E-state index contributed by atoms with van der Waals surface area (Å²) in [5, 5.41) is 20.0. The van der Waals surface area contributed by atoms with Crippen LogP contribution in [-0.4, -0.2) is 53.0 Å². The minimum absolute atomic E-state index is 0.0513. The van der Waals surface area contributed by atoms with Gasteiger partial charge in [0.25, 0.3) is 0 Å². The number of hydrogen-bond donors (Lipinski definition) is 2. The molecule has 1 aromatic rings. The number of carbonyl (C=O) groups excluding carboxylic acids is 1. The van der Waals surface area contributed by atoms with Gasteiger partial charge in [-0.2, -0.15) is 0 Å². The summed E-state index contributed by atoms with van der Waals surface area (Å²) < 4.78 is 10.6. The van der Waals surface area contributed by atoms with E-state index in [4.69, 9.17) is 9.47 Å². The van der Waals surface area contributed by atoms with Gasteiger partial charge < -0.3 is 24.6 Å². The van der Waals surface area contributed by atoms with Crippen molar-refractivity contribution in [3.05, 3.63) is 23.8 Å². The number of carbonyl (C=O) groups is 2. The number of rotatable bonds is 5. The number of aliphatic carboxylic acids is 1. The molecule has 1 saturated heterocycles. The van der Waals surface area contributed by atoms with Crippen LogP contribution in [0.3, 0.4) is 0 Å². The summed E-state index contributed by atoms with van der Waals surface area (Å²) in [6, 6.07) is 5.36. The van der Waals surface area contributed by atoms with Gasteiger partial charge >= 0.3 is 5.97 Å². The Kier molecular flexibility index (Phi) is 4.85. The Bertz CT molecular complexity index is 676. The van der Waals surface area contributed by atoms with E-state index in [0.717, 1.165) is 5.56 Å². The summed E-state index contributed by atoms with van der Waals surface area (Å²) in [6.07, 6.45) is 0.475. The Labute approximate surface area is 146 Å². The summed E-state index contributed by atoms with van der Waals surface area (Å²) in [6.45, 7) is 2.47. The van der Waals surface area contributed by atoms with Gasteiger partial charge in [0, 0.05) is 13.1 Å². The second kappa shape index (κ2) is 6.92. The molecule has 1 fully saturated rings. The van der Waals surface area contributed by atoms with Gasteiger partial charge in [0.1, 0.15) is 0 Å². The van der Waals surface area contributed by atoms with Gasteiger partial charge in [0.05, 0.1) is 17.9 Å². The summed E-state index contributed by atoms with van der Waals surface area (Å²) in [7, 11) is 0. The van der Waals surface area contributed by atoms with Crippen molar-refractivity contribution in [3.63, 3.8) is 0 Å². The number of amides is 1. The third-order valence-corrected chi connectivity index (χ3v) is 5.13.